The topological polar surface area (TPSA) is 84.9 Å². The fourth-order valence-corrected chi connectivity index (χ4v) is 5.48. The summed E-state index contributed by atoms with van der Waals surface area (Å²) in [5.41, 5.74) is 4.52. The molecule has 0 fully saturated rings. The van der Waals surface area contributed by atoms with E-state index in [0.29, 0.717) is 61.4 Å². The zero-order valence-electron chi connectivity index (χ0n) is 27.1. The number of nitrogens with zero attached hydrogens (tertiary/aromatic N) is 1. The van der Waals surface area contributed by atoms with Gasteiger partial charge in [0.25, 0.3) is 0 Å². The minimum absolute atomic E-state index is 0.0789. The molecule has 5 aromatic carbocycles. The summed E-state index contributed by atoms with van der Waals surface area (Å²) in [4.78, 5) is 41.1. The molecule has 1 amide bonds. The van der Waals surface area contributed by atoms with Gasteiger partial charge in [0.15, 0.2) is 5.78 Å². The number of ketones is 1. The van der Waals surface area contributed by atoms with Crippen molar-refractivity contribution in [3.63, 3.8) is 0 Å². The largest absolute Gasteiger partial charge is 0.494 e. The number of aryl methyl sites for hydroxylation is 1. The number of hydrogen-bond acceptors (Lipinski definition) is 6. The maximum Gasteiger partial charge on any atom is 0.328 e. The summed E-state index contributed by atoms with van der Waals surface area (Å²) < 4.78 is 11.1. The van der Waals surface area contributed by atoms with E-state index in [9.17, 15) is 14.4 Å². The van der Waals surface area contributed by atoms with Gasteiger partial charge in [-0.25, -0.2) is 4.79 Å². The SMILES string of the molecule is COC(=O)C(Cc1ccc(OCCCN(C(=O)CCc2ccccc2)c2ccccc2)cc1)Nc1ccccc1C(=O)c1ccccc1. The Kier molecular flexibility index (Phi) is 12.1. The van der Waals surface area contributed by atoms with E-state index in [1.165, 1.54) is 7.11 Å². The maximum atomic E-state index is 13.2. The zero-order valence-corrected chi connectivity index (χ0v) is 27.1. The van der Waals surface area contributed by atoms with Crippen molar-refractivity contribution in [3.05, 3.63) is 162 Å². The standard InChI is InChI=1S/C41H40N2O5/c1-47-41(46)38(42-37-21-12-11-20-36(37)40(45)33-16-7-3-8-17-33)30-32-22-25-35(26-23-32)48-29-13-28-43(34-18-9-4-10-19-34)39(44)27-24-31-14-5-2-6-15-31/h2-12,14-23,25-26,38,42H,13,24,27-30H2,1H3. The molecule has 7 nitrogen and oxygen atoms in total. The van der Waals surface area contributed by atoms with Crippen LogP contribution >= 0.6 is 0 Å². The van der Waals surface area contributed by atoms with E-state index >= 15 is 0 Å². The average Bonchev–Trinajstić information content (AvgIpc) is 3.15. The second kappa shape index (κ2) is 17.3. The van der Waals surface area contributed by atoms with Crippen LogP contribution in [0.15, 0.2) is 140 Å². The number of esters is 1. The molecule has 0 heterocycles. The van der Waals surface area contributed by atoms with Gasteiger partial charge in [-0.15, -0.1) is 0 Å². The predicted octanol–water partition coefficient (Wildman–Crippen LogP) is 7.55. The Morgan fingerprint density at radius 3 is 2.02 bits per heavy atom. The number of hydrogen-bond donors (Lipinski definition) is 1. The van der Waals surface area contributed by atoms with Crippen LogP contribution < -0.4 is 15.0 Å². The summed E-state index contributed by atoms with van der Waals surface area (Å²) in [5, 5.41) is 3.25. The summed E-state index contributed by atoms with van der Waals surface area (Å²) in [7, 11) is 1.35. The number of nitrogens with one attached hydrogen (secondary N) is 1. The fraction of sp³-hybridized carbons (Fsp3) is 0.195. The van der Waals surface area contributed by atoms with Gasteiger partial charge in [-0.05, 0) is 60.4 Å². The molecule has 0 aliphatic rings. The number of anilines is 2. The lowest BCUT2D eigenvalue weighted by Crippen LogP contribution is -2.33. The first-order valence-corrected chi connectivity index (χ1v) is 16.2. The highest BCUT2D eigenvalue weighted by Crippen LogP contribution is 2.23. The van der Waals surface area contributed by atoms with Crippen molar-refractivity contribution in [1.82, 2.24) is 0 Å². The molecule has 0 saturated heterocycles. The highest BCUT2D eigenvalue weighted by Gasteiger charge is 2.23. The molecule has 0 aromatic heterocycles. The Labute approximate surface area is 282 Å². The average molecular weight is 641 g/mol. The molecule has 5 rings (SSSR count). The Balaban J connectivity index is 1.16. The molecule has 5 aromatic rings. The first-order chi connectivity index (χ1) is 23.5. The van der Waals surface area contributed by atoms with Gasteiger partial charge in [-0.1, -0.05) is 103 Å². The molecular formula is C41H40N2O5. The molecule has 0 aliphatic carbocycles. The van der Waals surface area contributed by atoms with E-state index in [0.717, 1.165) is 16.8 Å². The number of amides is 1. The molecule has 0 bridgehead atoms. The van der Waals surface area contributed by atoms with Gasteiger partial charge in [-0.3, -0.25) is 9.59 Å². The quantitative estimate of drug-likeness (QED) is 0.0681. The van der Waals surface area contributed by atoms with E-state index < -0.39 is 12.0 Å². The van der Waals surface area contributed by atoms with Crippen LogP contribution in [-0.4, -0.2) is 44.0 Å². The van der Waals surface area contributed by atoms with Gasteiger partial charge < -0.3 is 19.7 Å². The Morgan fingerprint density at radius 1 is 0.708 bits per heavy atom. The van der Waals surface area contributed by atoms with Crippen LogP contribution in [0.5, 0.6) is 5.75 Å². The van der Waals surface area contributed by atoms with Crippen molar-refractivity contribution in [2.24, 2.45) is 0 Å². The second-order valence-electron chi connectivity index (χ2n) is 11.4. The van der Waals surface area contributed by atoms with Crippen molar-refractivity contribution >= 4 is 29.0 Å². The van der Waals surface area contributed by atoms with Crippen LogP contribution in [0.25, 0.3) is 0 Å². The number of carbonyl (C=O) groups is 3. The Hall–Kier alpha value is -5.69. The van der Waals surface area contributed by atoms with Gasteiger partial charge in [0.05, 0.1) is 13.7 Å². The van der Waals surface area contributed by atoms with Crippen molar-refractivity contribution < 1.29 is 23.9 Å². The number of methoxy groups -OCH3 is 1. The van der Waals surface area contributed by atoms with Gasteiger partial charge in [0.1, 0.15) is 11.8 Å². The highest BCUT2D eigenvalue weighted by molar-refractivity contribution is 6.12. The van der Waals surface area contributed by atoms with Crippen LogP contribution in [0.4, 0.5) is 11.4 Å². The lowest BCUT2D eigenvalue weighted by Gasteiger charge is -2.23. The smallest absolute Gasteiger partial charge is 0.328 e. The zero-order chi connectivity index (χ0) is 33.6. The third-order valence-electron chi connectivity index (χ3n) is 8.02. The third kappa shape index (κ3) is 9.42. The van der Waals surface area contributed by atoms with Gasteiger partial charge >= 0.3 is 5.97 Å². The van der Waals surface area contributed by atoms with Crippen LogP contribution in [0.3, 0.4) is 0 Å². The molecule has 7 heteroatoms. The van der Waals surface area contributed by atoms with E-state index in [1.54, 1.807) is 30.3 Å². The molecule has 244 valence electrons. The molecular weight excluding hydrogens is 600 g/mol. The maximum absolute atomic E-state index is 13.2. The minimum atomic E-state index is -0.713. The van der Waals surface area contributed by atoms with Crippen molar-refractivity contribution in [1.29, 1.82) is 0 Å². The third-order valence-corrected chi connectivity index (χ3v) is 8.02. The van der Waals surface area contributed by atoms with E-state index in [1.807, 2.05) is 114 Å². The van der Waals surface area contributed by atoms with Crippen LogP contribution in [-0.2, 0) is 27.2 Å². The van der Waals surface area contributed by atoms with Gasteiger partial charge in [0, 0.05) is 41.9 Å². The predicted molar refractivity (Wildman–Crippen MR) is 190 cm³/mol. The lowest BCUT2D eigenvalue weighted by atomic mass is 10.00. The second-order valence-corrected chi connectivity index (χ2v) is 11.4. The number of ether oxygens (including phenoxy) is 2. The molecule has 0 radical (unpaired) electrons. The van der Waals surface area contributed by atoms with E-state index in [-0.39, 0.29) is 11.7 Å². The van der Waals surface area contributed by atoms with Crippen molar-refractivity contribution in [2.45, 2.75) is 31.7 Å². The van der Waals surface area contributed by atoms with Gasteiger partial charge in [0.2, 0.25) is 5.91 Å². The first-order valence-electron chi connectivity index (χ1n) is 16.2. The molecule has 1 atom stereocenters. The lowest BCUT2D eigenvalue weighted by molar-refractivity contribution is -0.141. The number of para-hydroxylation sites is 2. The molecule has 48 heavy (non-hydrogen) atoms. The highest BCUT2D eigenvalue weighted by atomic mass is 16.5. The Morgan fingerprint density at radius 2 is 1.33 bits per heavy atom. The normalized spacial score (nSPS) is 11.3. The van der Waals surface area contributed by atoms with Crippen molar-refractivity contribution in [2.75, 3.05) is 30.5 Å². The van der Waals surface area contributed by atoms with Crippen LogP contribution in [0.2, 0.25) is 0 Å². The number of rotatable bonds is 16. The fourth-order valence-electron chi connectivity index (χ4n) is 5.48. The monoisotopic (exact) mass is 640 g/mol. The minimum Gasteiger partial charge on any atom is -0.494 e. The first kappa shape index (κ1) is 33.7. The number of benzene rings is 5. The number of carbonyl (C=O) groups excluding carboxylic acids is 3. The summed E-state index contributed by atoms with van der Waals surface area (Å²) >= 11 is 0. The molecule has 1 unspecified atom stereocenters. The molecule has 1 N–H and O–H groups in total. The van der Waals surface area contributed by atoms with E-state index in [4.69, 9.17) is 9.47 Å². The summed E-state index contributed by atoms with van der Waals surface area (Å²) in [6, 6.07) is 42.8. The van der Waals surface area contributed by atoms with Crippen molar-refractivity contribution in [3.8, 4) is 5.75 Å². The Bertz CT molecular complexity index is 1760. The molecule has 0 spiro atoms. The molecule has 0 aliphatic heterocycles. The molecule has 0 saturated carbocycles. The van der Waals surface area contributed by atoms with Gasteiger partial charge in [-0.2, -0.15) is 0 Å². The van der Waals surface area contributed by atoms with E-state index in [2.05, 4.69) is 5.32 Å². The van der Waals surface area contributed by atoms with Crippen LogP contribution in [0, 0.1) is 0 Å². The summed E-state index contributed by atoms with van der Waals surface area (Å²) in [5.74, 6) is 0.211. The summed E-state index contributed by atoms with van der Waals surface area (Å²) in [6.45, 7) is 0.976. The summed E-state index contributed by atoms with van der Waals surface area (Å²) in [6.07, 6.45) is 2.12. The van der Waals surface area contributed by atoms with Crippen LogP contribution in [0.1, 0.15) is 39.9 Å².